The number of aromatic nitrogens is 2. The number of halogens is 1. The van der Waals surface area contributed by atoms with Gasteiger partial charge in [-0.2, -0.15) is 0 Å². The summed E-state index contributed by atoms with van der Waals surface area (Å²) in [6.07, 6.45) is 5.85. The Kier molecular flexibility index (Phi) is 3.33. The number of hydrogen-bond acceptors (Lipinski definition) is 5. The number of hydrogen-bond donors (Lipinski definition) is 1. The first kappa shape index (κ1) is 13.7. The molecule has 0 aromatic carbocycles. The number of nitrogens with zero attached hydrogens (tertiary/aromatic N) is 3. The van der Waals surface area contributed by atoms with E-state index in [9.17, 15) is 4.39 Å². The molecule has 114 valence electrons. The molecule has 4 heterocycles. The van der Waals surface area contributed by atoms with Crippen LogP contribution in [0.1, 0.15) is 13.3 Å². The molecule has 22 heavy (non-hydrogen) atoms. The smallest absolute Gasteiger partial charge is 0.128 e. The minimum Gasteiger partial charge on any atom is -0.383 e. The molecule has 1 N–H and O–H groups in total. The molecule has 0 aliphatic carbocycles. The third-order valence-corrected chi connectivity index (χ3v) is 5.10. The average molecular weight is 316 g/mol. The van der Waals surface area contributed by atoms with Gasteiger partial charge in [-0.15, -0.1) is 11.3 Å². The molecule has 2 aliphatic heterocycles. The first-order valence-electron chi connectivity index (χ1n) is 7.49. The molecule has 1 unspecified atom stereocenters. The third kappa shape index (κ3) is 2.47. The zero-order valence-corrected chi connectivity index (χ0v) is 13.1. The van der Waals surface area contributed by atoms with Crippen molar-refractivity contribution >= 4 is 29.4 Å². The van der Waals surface area contributed by atoms with E-state index < -0.39 is 6.17 Å². The molecule has 4 nitrogen and oxygen atoms in total. The highest BCUT2D eigenvalue weighted by atomic mass is 32.1. The van der Waals surface area contributed by atoms with Crippen LogP contribution in [0.5, 0.6) is 0 Å². The van der Waals surface area contributed by atoms with Crippen molar-refractivity contribution in [3.63, 3.8) is 0 Å². The zero-order valence-electron chi connectivity index (χ0n) is 12.3. The highest BCUT2D eigenvalue weighted by Crippen LogP contribution is 2.23. The Morgan fingerprint density at radius 3 is 3.05 bits per heavy atom. The Morgan fingerprint density at radius 1 is 1.41 bits per heavy atom. The fourth-order valence-electron chi connectivity index (χ4n) is 2.80. The van der Waals surface area contributed by atoms with Crippen molar-refractivity contribution in [2.75, 3.05) is 18.0 Å². The number of thiazole rings is 1. The van der Waals surface area contributed by atoms with Gasteiger partial charge in [0.1, 0.15) is 17.0 Å². The molecule has 4 rings (SSSR count). The fraction of sp³-hybridized carbons (Fsp3) is 0.375. The maximum Gasteiger partial charge on any atom is 0.128 e. The normalized spacial score (nSPS) is 23.5. The highest BCUT2D eigenvalue weighted by molar-refractivity contribution is 7.13. The van der Waals surface area contributed by atoms with E-state index in [-0.39, 0.29) is 0 Å². The fourth-order valence-corrected chi connectivity index (χ4v) is 3.87. The van der Waals surface area contributed by atoms with Crippen LogP contribution in [0.25, 0.3) is 22.8 Å². The highest BCUT2D eigenvalue weighted by Gasteiger charge is 2.22. The summed E-state index contributed by atoms with van der Waals surface area (Å²) in [5.74, 6) is 0.846. The van der Waals surface area contributed by atoms with Gasteiger partial charge in [0.2, 0.25) is 0 Å². The Morgan fingerprint density at radius 2 is 2.32 bits per heavy atom. The summed E-state index contributed by atoms with van der Waals surface area (Å²) in [6.45, 7) is 3.31. The third-order valence-electron chi connectivity index (χ3n) is 4.01. The standard InChI is InChI=1S/C16H17FN4S/c1-10-6-14-13(8-18-10)20-16(22-14)11-2-3-15(19-7-11)21-5-4-12(17)9-21/h2-3,6-8,10,12,18H,4-5,9H2,1H3/t10?,12-/m1/s1. The summed E-state index contributed by atoms with van der Waals surface area (Å²) in [7, 11) is 0. The number of fused-ring (bicyclic) bond motifs is 1. The van der Waals surface area contributed by atoms with E-state index in [0.717, 1.165) is 28.3 Å². The molecule has 0 spiro atoms. The van der Waals surface area contributed by atoms with Crippen LogP contribution in [-0.2, 0) is 0 Å². The number of alkyl halides is 1. The summed E-state index contributed by atoms with van der Waals surface area (Å²) < 4.78 is 14.5. The largest absolute Gasteiger partial charge is 0.383 e. The minimum atomic E-state index is -0.729. The summed E-state index contributed by atoms with van der Waals surface area (Å²) in [4.78, 5) is 11.1. The molecule has 6 heteroatoms. The molecule has 0 bridgehead atoms. The maximum atomic E-state index is 13.3. The van der Waals surface area contributed by atoms with E-state index in [4.69, 9.17) is 0 Å². The molecule has 1 saturated heterocycles. The van der Waals surface area contributed by atoms with Gasteiger partial charge in [-0.1, -0.05) is 0 Å². The van der Waals surface area contributed by atoms with Crippen molar-refractivity contribution in [1.29, 1.82) is 0 Å². The second-order valence-electron chi connectivity index (χ2n) is 5.77. The Hall–Kier alpha value is -1.95. The lowest BCUT2D eigenvalue weighted by molar-refractivity contribution is 0.364. The minimum absolute atomic E-state index is 0.338. The monoisotopic (exact) mass is 316 g/mol. The van der Waals surface area contributed by atoms with Gasteiger partial charge in [0, 0.05) is 30.5 Å². The van der Waals surface area contributed by atoms with E-state index in [1.54, 1.807) is 11.3 Å². The second-order valence-corrected chi connectivity index (χ2v) is 6.80. The SMILES string of the molecule is CC1C=c2sc(-c3ccc(N4CC[C@@H](F)C4)nc3)nc2=CN1. The van der Waals surface area contributed by atoms with E-state index in [2.05, 4.69) is 28.3 Å². The molecular formula is C16H17FN4S. The van der Waals surface area contributed by atoms with Crippen LogP contribution in [0.3, 0.4) is 0 Å². The van der Waals surface area contributed by atoms with Gasteiger partial charge < -0.3 is 10.2 Å². The number of nitrogens with one attached hydrogen (secondary N) is 1. The molecule has 0 radical (unpaired) electrons. The lowest BCUT2D eigenvalue weighted by Gasteiger charge is -2.15. The van der Waals surface area contributed by atoms with Crippen molar-refractivity contribution < 1.29 is 4.39 Å². The van der Waals surface area contributed by atoms with Crippen LogP contribution in [0.2, 0.25) is 0 Å². The maximum absolute atomic E-state index is 13.3. The zero-order chi connectivity index (χ0) is 15.1. The average Bonchev–Trinajstić information content (AvgIpc) is 3.13. The van der Waals surface area contributed by atoms with Crippen molar-refractivity contribution in [2.24, 2.45) is 0 Å². The summed E-state index contributed by atoms with van der Waals surface area (Å²) in [5.41, 5.74) is 1.01. The second kappa shape index (κ2) is 5.35. The van der Waals surface area contributed by atoms with Gasteiger partial charge in [-0.05, 0) is 31.6 Å². The van der Waals surface area contributed by atoms with Gasteiger partial charge in [0.25, 0.3) is 0 Å². The van der Waals surface area contributed by atoms with Crippen molar-refractivity contribution in [2.45, 2.75) is 25.6 Å². The van der Waals surface area contributed by atoms with Crippen molar-refractivity contribution in [1.82, 2.24) is 15.3 Å². The lowest BCUT2D eigenvalue weighted by atomic mass is 10.3. The molecule has 2 aliphatic rings. The van der Waals surface area contributed by atoms with E-state index in [1.807, 2.05) is 29.4 Å². The number of rotatable bonds is 2. The molecule has 2 aromatic rings. The molecule has 0 amide bonds. The van der Waals surface area contributed by atoms with Crippen molar-refractivity contribution in [3.05, 3.63) is 28.2 Å². The van der Waals surface area contributed by atoms with E-state index in [0.29, 0.717) is 19.0 Å². The van der Waals surface area contributed by atoms with Crippen LogP contribution >= 0.6 is 11.3 Å². The van der Waals surface area contributed by atoms with Gasteiger partial charge >= 0.3 is 0 Å². The number of anilines is 1. The lowest BCUT2D eigenvalue weighted by Crippen LogP contribution is -2.35. The molecule has 1 fully saturated rings. The number of pyridine rings is 1. The first-order valence-corrected chi connectivity index (χ1v) is 8.31. The van der Waals surface area contributed by atoms with Crippen LogP contribution in [0.4, 0.5) is 10.2 Å². The van der Waals surface area contributed by atoms with E-state index in [1.165, 1.54) is 4.53 Å². The summed E-state index contributed by atoms with van der Waals surface area (Å²) in [6, 6.07) is 4.32. The molecular weight excluding hydrogens is 299 g/mol. The quantitative estimate of drug-likeness (QED) is 0.906. The van der Waals surface area contributed by atoms with Gasteiger partial charge in [0.05, 0.1) is 16.4 Å². The molecule has 2 aromatic heterocycles. The van der Waals surface area contributed by atoms with Crippen LogP contribution < -0.4 is 20.1 Å². The first-order chi connectivity index (χ1) is 10.7. The topological polar surface area (TPSA) is 41.1 Å². The van der Waals surface area contributed by atoms with Gasteiger partial charge in [0.15, 0.2) is 0 Å². The molecule has 0 saturated carbocycles. The molecule has 2 atom stereocenters. The van der Waals surface area contributed by atoms with Crippen LogP contribution in [0.15, 0.2) is 18.3 Å². The van der Waals surface area contributed by atoms with Crippen molar-refractivity contribution in [3.8, 4) is 10.6 Å². The Labute approximate surface area is 132 Å². The predicted octanol–water partition coefficient (Wildman–Crippen LogP) is 1.26. The van der Waals surface area contributed by atoms with Gasteiger partial charge in [-0.25, -0.2) is 14.4 Å². The summed E-state index contributed by atoms with van der Waals surface area (Å²) >= 11 is 1.68. The predicted molar refractivity (Wildman–Crippen MR) is 87.8 cm³/mol. The van der Waals surface area contributed by atoms with Gasteiger partial charge in [-0.3, -0.25) is 0 Å². The van der Waals surface area contributed by atoms with Crippen LogP contribution in [0, 0.1) is 0 Å². The van der Waals surface area contributed by atoms with E-state index >= 15 is 0 Å². The Balaban J connectivity index is 1.63. The summed E-state index contributed by atoms with van der Waals surface area (Å²) in [5, 5.41) is 5.22. The van der Waals surface area contributed by atoms with Crippen LogP contribution in [-0.4, -0.2) is 35.3 Å². The Bertz CT molecular complexity index is 799.